The Kier molecular flexibility index (Phi) is 10.9. The van der Waals surface area contributed by atoms with Crippen molar-refractivity contribution in [1.29, 1.82) is 0 Å². The highest BCUT2D eigenvalue weighted by atomic mass is 16.6. The molecule has 38 heavy (non-hydrogen) atoms. The normalized spacial score (nSPS) is 11.6. The van der Waals surface area contributed by atoms with Crippen molar-refractivity contribution in [2.24, 2.45) is 0 Å². The molecule has 0 saturated carbocycles. The Morgan fingerprint density at radius 3 is 2.66 bits per heavy atom. The summed E-state index contributed by atoms with van der Waals surface area (Å²) in [6, 6.07) is 7.90. The van der Waals surface area contributed by atoms with E-state index in [0.29, 0.717) is 57.0 Å². The lowest BCUT2D eigenvalue weighted by molar-refractivity contribution is -0.144. The van der Waals surface area contributed by atoms with Crippen molar-refractivity contribution in [2.75, 3.05) is 66.9 Å². The average molecular weight is 527 g/mol. The van der Waals surface area contributed by atoms with Gasteiger partial charge in [-0.1, -0.05) is 18.2 Å². The van der Waals surface area contributed by atoms with Crippen LogP contribution in [0.15, 0.2) is 36.6 Å². The number of likely N-dealkylation sites (N-methyl/N-ethyl adjacent to an activating group) is 1. The van der Waals surface area contributed by atoms with Crippen LogP contribution in [0.2, 0.25) is 0 Å². The highest BCUT2D eigenvalue weighted by Crippen LogP contribution is 2.29. The maximum absolute atomic E-state index is 12.9. The number of fused-ring (bicyclic) bond motifs is 3. The van der Waals surface area contributed by atoms with Crippen LogP contribution in [0.3, 0.4) is 0 Å². The Morgan fingerprint density at radius 2 is 1.92 bits per heavy atom. The molecule has 1 amide bonds. The summed E-state index contributed by atoms with van der Waals surface area (Å²) in [7, 11) is 6.73. The van der Waals surface area contributed by atoms with Crippen molar-refractivity contribution in [1.82, 2.24) is 24.3 Å². The molecule has 0 unspecified atom stereocenters. The van der Waals surface area contributed by atoms with Gasteiger partial charge in [-0.25, -0.2) is 14.8 Å². The van der Waals surface area contributed by atoms with Crippen LogP contribution in [0.5, 0.6) is 0 Å². The van der Waals surface area contributed by atoms with E-state index >= 15 is 0 Å². The summed E-state index contributed by atoms with van der Waals surface area (Å²) < 4.78 is 17.2. The zero-order chi connectivity index (χ0) is 27.5. The molecular weight excluding hydrogens is 488 g/mol. The Hall–Kier alpha value is -3.70. The number of anilines is 1. The van der Waals surface area contributed by atoms with E-state index in [1.807, 2.05) is 48.2 Å². The Balaban J connectivity index is 1.76. The number of rotatable bonds is 15. The minimum atomic E-state index is -0.445. The number of nitrogen functional groups attached to an aromatic ring is 1. The Morgan fingerprint density at radius 1 is 1.13 bits per heavy atom. The molecule has 206 valence electrons. The van der Waals surface area contributed by atoms with Gasteiger partial charge in [0.15, 0.2) is 12.4 Å². The van der Waals surface area contributed by atoms with Crippen molar-refractivity contribution in [3.05, 3.63) is 42.4 Å². The molecule has 0 bridgehead atoms. The number of pyridine rings is 1. The molecule has 0 saturated heterocycles. The molecule has 1 aromatic carbocycles. The third-order valence-electron chi connectivity index (χ3n) is 6.02. The number of nitrogens with two attached hydrogens (primary N) is 1. The van der Waals surface area contributed by atoms with Crippen LogP contribution in [0.4, 0.5) is 5.82 Å². The fourth-order valence-corrected chi connectivity index (χ4v) is 4.22. The number of para-hydroxylation sites is 1. The second-order valence-electron chi connectivity index (χ2n) is 9.15. The molecule has 0 aliphatic carbocycles. The number of nitrogens with zero attached hydrogens (tertiary/aromatic N) is 5. The number of methoxy groups -OCH3 is 2. The van der Waals surface area contributed by atoms with Gasteiger partial charge in [0.25, 0.3) is 0 Å². The van der Waals surface area contributed by atoms with Gasteiger partial charge in [-0.15, -0.1) is 0 Å². The molecule has 2 aromatic heterocycles. The van der Waals surface area contributed by atoms with Crippen molar-refractivity contribution in [3.63, 3.8) is 0 Å². The first-order chi connectivity index (χ1) is 18.3. The van der Waals surface area contributed by atoms with Gasteiger partial charge >= 0.3 is 5.97 Å². The van der Waals surface area contributed by atoms with Crippen molar-refractivity contribution < 1.29 is 23.8 Å². The summed E-state index contributed by atoms with van der Waals surface area (Å²) in [5, 5.41) is 0.991. The van der Waals surface area contributed by atoms with E-state index in [9.17, 15) is 9.59 Å². The first kappa shape index (κ1) is 28.9. The molecule has 3 aromatic rings. The number of carbonyl (C=O) groups is 2. The molecule has 0 atom stereocenters. The number of aryl methyl sites for hydroxylation is 1. The molecule has 11 nitrogen and oxygen atoms in total. The van der Waals surface area contributed by atoms with Crippen LogP contribution in [0.25, 0.3) is 21.9 Å². The SMILES string of the molecule is COCCc1nc2c(N)nc3ccccc3c2n1CCCN(CC/C=C/OCC(=O)OC)C(=O)CN(C)C. The molecule has 0 radical (unpaired) electrons. The summed E-state index contributed by atoms with van der Waals surface area (Å²) in [5.74, 6) is 0.885. The lowest BCUT2D eigenvalue weighted by Crippen LogP contribution is -2.39. The zero-order valence-corrected chi connectivity index (χ0v) is 22.7. The summed E-state index contributed by atoms with van der Waals surface area (Å²) >= 11 is 0. The molecule has 0 spiro atoms. The number of aromatic nitrogens is 3. The second kappa shape index (κ2) is 14.3. The molecule has 2 N–H and O–H groups in total. The van der Waals surface area contributed by atoms with Gasteiger partial charge in [-0.05, 0) is 39.1 Å². The van der Waals surface area contributed by atoms with Gasteiger partial charge in [0.1, 0.15) is 11.3 Å². The standard InChI is InChI=1S/C27H38N6O5/c1-31(2)18-23(34)32(13-7-8-16-38-19-24(35)37-4)14-9-15-33-22(12-17-36-3)30-25-26(33)20-10-5-6-11-21(20)29-27(25)28/h5-6,8,10-11,16H,7,9,12-15,17-19H2,1-4H3,(H2,28,29)/b16-8+. The van der Waals surface area contributed by atoms with E-state index in [2.05, 4.69) is 14.3 Å². The van der Waals surface area contributed by atoms with Crippen molar-refractivity contribution in [2.45, 2.75) is 25.8 Å². The van der Waals surface area contributed by atoms with E-state index in [0.717, 1.165) is 28.7 Å². The zero-order valence-electron chi connectivity index (χ0n) is 22.7. The van der Waals surface area contributed by atoms with Crippen LogP contribution >= 0.6 is 0 Å². The van der Waals surface area contributed by atoms with Crippen molar-refractivity contribution in [3.8, 4) is 0 Å². The van der Waals surface area contributed by atoms with Crippen LogP contribution in [0, 0.1) is 0 Å². The number of amides is 1. The van der Waals surface area contributed by atoms with E-state index < -0.39 is 5.97 Å². The number of esters is 1. The largest absolute Gasteiger partial charge is 0.490 e. The Labute approximate surface area is 223 Å². The molecule has 3 rings (SSSR count). The molecular formula is C27H38N6O5. The van der Waals surface area contributed by atoms with Gasteiger partial charge in [-0.2, -0.15) is 0 Å². The third kappa shape index (κ3) is 7.65. The van der Waals surface area contributed by atoms with Gasteiger partial charge < -0.3 is 34.3 Å². The fourth-order valence-electron chi connectivity index (χ4n) is 4.22. The van der Waals surface area contributed by atoms with Crippen LogP contribution in [0.1, 0.15) is 18.7 Å². The average Bonchev–Trinajstić information content (AvgIpc) is 3.26. The topological polar surface area (TPSA) is 125 Å². The molecule has 2 heterocycles. The number of imidazole rings is 1. The van der Waals surface area contributed by atoms with E-state index in [1.54, 1.807) is 13.2 Å². The number of hydrogen-bond acceptors (Lipinski definition) is 9. The monoisotopic (exact) mass is 526 g/mol. The molecule has 11 heteroatoms. The van der Waals surface area contributed by atoms with Crippen molar-refractivity contribution >= 4 is 39.6 Å². The minimum absolute atomic E-state index is 0.0490. The predicted molar refractivity (Wildman–Crippen MR) is 147 cm³/mol. The van der Waals surface area contributed by atoms with Gasteiger partial charge in [0.05, 0.1) is 37.6 Å². The maximum atomic E-state index is 12.9. The highest BCUT2D eigenvalue weighted by molar-refractivity contribution is 6.06. The first-order valence-corrected chi connectivity index (χ1v) is 12.6. The second-order valence-corrected chi connectivity index (χ2v) is 9.15. The number of ether oxygens (including phenoxy) is 3. The smallest absolute Gasteiger partial charge is 0.343 e. The first-order valence-electron chi connectivity index (χ1n) is 12.6. The van der Waals surface area contributed by atoms with E-state index in [-0.39, 0.29) is 12.5 Å². The summed E-state index contributed by atoms with van der Waals surface area (Å²) in [6.45, 7) is 2.48. The Bertz CT molecular complexity index is 1260. The van der Waals surface area contributed by atoms with Gasteiger partial charge in [-0.3, -0.25) is 4.79 Å². The lowest BCUT2D eigenvalue weighted by Gasteiger charge is -2.24. The quantitative estimate of drug-likeness (QED) is 0.234. The number of hydrogen-bond donors (Lipinski definition) is 1. The maximum Gasteiger partial charge on any atom is 0.343 e. The highest BCUT2D eigenvalue weighted by Gasteiger charge is 2.18. The molecule has 0 fully saturated rings. The fraction of sp³-hybridized carbons (Fsp3) is 0.481. The van der Waals surface area contributed by atoms with Crippen LogP contribution in [-0.4, -0.2) is 97.4 Å². The van der Waals surface area contributed by atoms with Crippen LogP contribution in [-0.2, 0) is 36.8 Å². The lowest BCUT2D eigenvalue weighted by atomic mass is 10.2. The summed E-state index contributed by atoms with van der Waals surface area (Å²) in [6.07, 6.45) is 5.23. The third-order valence-corrected chi connectivity index (χ3v) is 6.02. The van der Waals surface area contributed by atoms with E-state index in [4.69, 9.17) is 20.2 Å². The van der Waals surface area contributed by atoms with Gasteiger partial charge in [0.2, 0.25) is 5.91 Å². The molecule has 0 aliphatic rings. The summed E-state index contributed by atoms with van der Waals surface area (Å²) in [5.41, 5.74) is 8.75. The predicted octanol–water partition coefficient (Wildman–Crippen LogP) is 2.23. The number of benzene rings is 1. The van der Waals surface area contributed by atoms with E-state index in [1.165, 1.54) is 13.4 Å². The molecule has 0 aliphatic heterocycles. The van der Waals surface area contributed by atoms with Crippen LogP contribution < -0.4 is 5.73 Å². The minimum Gasteiger partial charge on any atom is -0.490 e. The number of carbonyl (C=O) groups excluding carboxylic acids is 2. The summed E-state index contributed by atoms with van der Waals surface area (Å²) in [4.78, 5) is 37.2. The van der Waals surface area contributed by atoms with Gasteiger partial charge in [0, 0.05) is 38.6 Å².